The molecule has 2 aromatic rings. The Hall–Kier alpha value is -2.19. The van der Waals surface area contributed by atoms with E-state index in [4.69, 9.17) is 33.3 Å². The lowest BCUT2D eigenvalue weighted by Crippen LogP contribution is -2.42. The van der Waals surface area contributed by atoms with E-state index < -0.39 is 17.3 Å². The molecular weight excluding hydrogens is 425 g/mol. The fourth-order valence-electron chi connectivity index (χ4n) is 3.23. The highest BCUT2D eigenvalue weighted by Gasteiger charge is 2.35. The third kappa shape index (κ3) is 5.05. The molecule has 1 atom stereocenters. The van der Waals surface area contributed by atoms with Crippen LogP contribution < -0.4 is 20.1 Å². The zero-order chi connectivity index (χ0) is 21.4. The lowest BCUT2D eigenvalue weighted by molar-refractivity contribution is -0.137. The van der Waals surface area contributed by atoms with Crippen LogP contribution in [0, 0.1) is 0 Å². The van der Waals surface area contributed by atoms with Crippen LogP contribution >= 0.6 is 23.8 Å². The van der Waals surface area contributed by atoms with Gasteiger partial charge < -0.3 is 20.1 Å². The number of ether oxygens (including phenoxy) is 2. The van der Waals surface area contributed by atoms with Crippen LogP contribution in [0.2, 0.25) is 5.02 Å². The van der Waals surface area contributed by atoms with Gasteiger partial charge in [0, 0.05) is 23.7 Å². The minimum Gasteiger partial charge on any atom is -0.497 e. The molecule has 0 saturated carbocycles. The van der Waals surface area contributed by atoms with E-state index >= 15 is 0 Å². The Balaban J connectivity index is 1.79. The molecule has 1 aliphatic rings. The third-order valence-electron chi connectivity index (χ3n) is 4.51. The molecule has 0 bridgehead atoms. The Morgan fingerprint density at radius 2 is 1.97 bits per heavy atom. The lowest BCUT2D eigenvalue weighted by atomic mass is 9.89. The Kier molecular flexibility index (Phi) is 5.87. The van der Waals surface area contributed by atoms with Crippen molar-refractivity contribution in [2.45, 2.75) is 38.1 Å². The van der Waals surface area contributed by atoms with Crippen molar-refractivity contribution in [3.63, 3.8) is 0 Å². The van der Waals surface area contributed by atoms with Crippen molar-refractivity contribution in [1.82, 2.24) is 5.32 Å². The van der Waals surface area contributed by atoms with E-state index in [1.165, 1.54) is 12.1 Å². The molecule has 1 aliphatic heterocycles. The van der Waals surface area contributed by atoms with E-state index in [1.807, 2.05) is 26.0 Å². The second-order valence-electron chi connectivity index (χ2n) is 7.31. The molecular formula is C20H20ClF3N2O2S. The van der Waals surface area contributed by atoms with Crippen LogP contribution in [0.1, 0.15) is 37.4 Å². The fraction of sp³-hybridized carbons (Fsp3) is 0.350. The Morgan fingerprint density at radius 3 is 2.62 bits per heavy atom. The van der Waals surface area contributed by atoms with Gasteiger partial charge in [-0.3, -0.25) is 0 Å². The normalized spacial score (nSPS) is 17.7. The molecule has 29 heavy (non-hydrogen) atoms. The van der Waals surface area contributed by atoms with Crippen molar-refractivity contribution in [2.75, 3.05) is 12.4 Å². The van der Waals surface area contributed by atoms with Gasteiger partial charge in [0.05, 0.1) is 23.7 Å². The van der Waals surface area contributed by atoms with Crippen LogP contribution in [0.4, 0.5) is 18.9 Å². The van der Waals surface area contributed by atoms with E-state index in [0.717, 1.165) is 11.6 Å². The van der Waals surface area contributed by atoms with Crippen molar-refractivity contribution in [1.29, 1.82) is 0 Å². The maximum Gasteiger partial charge on any atom is 0.417 e. The van der Waals surface area contributed by atoms with Gasteiger partial charge in [0.15, 0.2) is 5.11 Å². The summed E-state index contributed by atoms with van der Waals surface area (Å²) >= 11 is 11.0. The van der Waals surface area contributed by atoms with Gasteiger partial charge in [-0.05, 0) is 56.4 Å². The first-order chi connectivity index (χ1) is 13.5. The van der Waals surface area contributed by atoms with Gasteiger partial charge in [0.25, 0.3) is 0 Å². The summed E-state index contributed by atoms with van der Waals surface area (Å²) in [4.78, 5) is 0. The summed E-state index contributed by atoms with van der Waals surface area (Å²) in [6.07, 6.45) is -3.94. The lowest BCUT2D eigenvalue weighted by Gasteiger charge is -2.38. The first-order valence-corrected chi connectivity index (χ1v) is 9.58. The summed E-state index contributed by atoms with van der Waals surface area (Å²) in [5.41, 5.74) is -0.297. The number of anilines is 1. The van der Waals surface area contributed by atoms with E-state index in [2.05, 4.69) is 10.6 Å². The number of hydrogen-bond acceptors (Lipinski definition) is 3. The molecule has 156 valence electrons. The van der Waals surface area contributed by atoms with Gasteiger partial charge in [-0.1, -0.05) is 11.6 Å². The highest BCUT2D eigenvalue weighted by atomic mass is 35.5. The molecule has 0 saturated heterocycles. The molecule has 0 aliphatic carbocycles. The Morgan fingerprint density at radius 1 is 1.24 bits per heavy atom. The van der Waals surface area contributed by atoms with Crippen molar-refractivity contribution in [2.24, 2.45) is 0 Å². The summed E-state index contributed by atoms with van der Waals surface area (Å²) in [7, 11) is 1.58. The van der Waals surface area contributed by atoms with Gasteiger partial charge in [0.1, 0.15) is 17.1 Å². The number of thiocarbonyl (C=S) groups is 1. The zero-order valence-corrected chi connectivity index (χ0v) is 17.6. The molecule has 2 aromatic carbocycles. The quantitative estimate of drug-likeness (QED) is 0.572. The molecule has 0 fully saturated rings. The van der Waals surface area contributed by atoms with Crippen LogP contribution in [0.3, 0.4) is 0 Å². The number of nitrogens with one attached hydrogen (secondary N) is 2. The smallest absolute Gasteiger partial charge is 0.417 e. The minimum atomic E-state index is -4.55. The van der Waals surface area contributed by atoms with Crippen LogP contribution in [0.5, 0.6) is 11.5 Å². The fourth-order valence-corrected chi connectivity index (χ4v) is 3.72. The third-order valence-corrected chi connectivity index (χ3v) is 5.06. The van der Waals surface area contributed by atoms with Crippen molar-refractivity contribution in [3.05, 3.63) is 52.5 Å². The predicted molar refractivity (Wildman–Crippen MR) is 111 cm³/mol. The van der Waals surface area contributed by atoms with Gasteiger partial charge in [-0.25, -0.2) is 0 Å². The maximum atomic E-state index is 13.1. The Labute approximate surface area is 177 Å². The number of fused-ring (bicyclic) bond motifs is 1. The maximum absolute atomic E-state index is 13.1. The standard InChI is InChI=1S/C20H20ClF3N2O2S/c1-19(2)10-16(13-6-5-12(27-3)9-17(13)28-19)26-18(29)25-11-4-7-15(21)14(8-11)20(22,23)24/h4-9,16H,10H2,1-3H3,(H2,25,26,29)/t16-/m1/s1. The molecule has 3 rings (SSSR count). The van der Waals surface area contributed by atoms with Crippen molar-refractivity contribution < 1.29 is 22.6 Å². The topological polar surface area (TPSA) is 42.5 Å². The molecule has 0 radical (unpaired) electrons. The van der Waals surface area contributed by atoms with Crippen LogP contribution in [0.25, 0.3) is 0 Å². The first-order valence-electron chi connectivity index (χ1n) is 8.80. The van der Waals surface area contributed by atoms with Crippen LogP contribution in [0.15, 0.2) is 36.4 Å². The minimum absolute atomic E-state index is 0.186. The number of halogens is 4. The molecule has 0 spiro atoms. The molecule has 4 nitrogen and oxygen atoms in total. The van der Waals surface area contributed by atoms with Gasteiger partial charge in [-0.2, -0.15) is 13.2 Å². The van der Waals surface area contributed by atoms with Gasteiger partial charge >= 0.3 is 6.18 Å². The highest BCUT2D eigenvalue weighted by Crippen LogP contribution is 2.41. The molecule has 1 heterocycles. The summed E-state index contributed by atoms with van der Waals surface area (Å²) in [5, 5.41) is 5.81. The van der Waals surface area contributed by atoms with E-state index in [-0.39, 0.29) is 21.9 Å². The number of methoxy groups -OCH3 is 1. The number of benzene rings is 2. The SMILES string of the molecule is COc1ccc2c(c1)OC(C)(C)C[C@H]2NC(=S)Nc1ccc(Cl)c(C(F)(F)F)c1. The first kappa shape index (κ1) is 21.5. The van der Waals surface area contributed by atoms with Crippen molar-refractivity contribution in [3.8, 4) is 11.5 Å². The molecule has 0 amide bonds. The average molecular weight is 445 g/mol. The van der Waals surface area contributed by atoms with E-state index in [9.17, 15) is 13.2 Å². The Bertz CT molecular complexity index is 934. The summed E-state index contributed by atoms with van der Waals surface area (Å²) < 4.78 is 50.5. The summed E-state index contributed by atoms with van der Waals surface area (Å²) in [6, 6.07) is 8.88. The zero-order valence-electron chi connectivity index (χ0n) is 16.0. The average Bonchev–Trinajstić information content (AvgIpc) is 2.60. The van der Waals surface area contributed by atoms with Gasteiger partial charge in [0.2, 0.25) is 0 Å². The van der Waals surface area contributed by atoms with Crippen LogP contribution in [-0.4, -0.2) is 17.8 Å². The second kappa shape index (κ2) is 7.91. The number of hydrogen-bond donors (Lipinski definition) is 2. The molecule has 9 heteroatoms. The monoisotopic (exact) mass is 444 g/mol. The van der Waals surface area contributed by atoms with Gasteiger partial charge in [-0.15, -0.1) is 0 Å². The van der Waals surface area contributed by atoms with E-state index in [1.54, 1.807) is 13.2 Å². The number of rotatable bonds is 3. The largest absolute Gasteiger partial charge is 0.497 e. The molecule has 0 aromatic heterocycles. The summed E-state index contributed by atoms with van der Waals surface area (Å²) in [6.45, 7) is 3.91. The van der Waals surface area contributed by atoms with E-state index in [0.29, 0.717) is 17.9 Å². The van der Waals surface area contributed by atoms with Crippen LogP contribution in [-0.2, 0) is 6.18 Å². The molecule has 0 unspecified atom stereocenters. The summed E-state index contributed by atoms with van der Waals surface area (Å²) in [5.74, 6) is 1.34. The number of alkyl halides is 3. The molecule has 2 N–H and O–H groups in total. The highest BCUT2D eigenvalue weighted by molar-refractivity contribution is 7.80. The predicted octanol–water partition coefficient (Wildman–Crippen LogP) is 5.96. The second-order valence-corrected chi connectivity index (χ2v) is 8.13. The van der Waals surface area contributed by atoms with Crippen molar-refractivity contribution >= 4 is 34.6 Å².